The predicted molar refractivity (Wildman–Crippen MR) is 72.8 cm³/mol. The van der Waals surface area contributed by atoms with E-state index in [0.29, 0.717) is 12.5 Å². The van der Waals surface area contributed by atoms with Gasteiger partial charge in [-0.3, -0.25) is 4.90 Å². The molecule has 1 aliphatic rings. The maximum atomic E-state index is 8.68. The Balaban J connectivity index is 2.02. The number of hydrogen-bond acceptors (Lipinski definition) is 2. The number of hydrogen-bond donors (Lipinski definition) is 0. The quantitative estimate of drug-likeness (QED) is 0.741. The Morgan fingerprint density at radius 2 is 2.06 bits per heavy atom. The molecule has 0 aliphatic carbocycles. The van der Waals surface area contributed by atoms with Crippen LogP contribution < -0.4 is 0 Å². The summed E-state index contributed by atoms with van der Waals surface area (Å²) in [5.74, 6) is 6.61. The maximum absolute atomic E-state index is 8.68. The molecule has 2 rings (SSSR count). The Hall–Kier alpha value is -1.77. The fourth-order valence-electron chi connectivity index (χ4n) is 2.30. The standard InChI is InChI=1S/C16H18N2/c17-12-6-14-18-13-5-4-9-16(18)11-10-15-7-2-1-3-8-15/h1-3,7-8,16H,4-6,9,13-14H2/t16-/m1/s1. The van der Waals surface area contributed by atoms with Crippen molar-refractivity contribution in [1.29, 1.82) is 5.26 Å². The highest BCUT2D eigenvalue weighted by atomic mass is 15.2. The number of benzene rings is 1. The Labute approximate surface area is 109 Å². The second-order valence-corrected chi connectivity index (χ2v) is 4.59. The molecule has 1 aliphatic heterocycles. The highest BCUT2D eigenvalue weighted by Gasteiger charge is 2.19. The largest absolute Gasteiger partial charge is 0.289 e. The van der Waals surface area contributed by atoms with Gasteiger partial charge in [0, 0.05) is 18.5 Å². The van der Waals surface area contributed by atoms with Gasteiger partial charge in [-0.05, 0) is 37.9 Å². The van der Waals surface area contributed by atoms with Crippen LogP contribution in [-0.2, 0) is 0 Å². The zero-order valence-electron chi connectivity index (χ0n) is 10.6. The van der Waals surface area contributed by atoms with Gasteiger partial charge in [-0.2, -0.15) is 5.26 Å². The van der Waals surface area contributed by atoms with E-state index in [1.54, 1.807) is 0 Å². The fourth-order valence-corrected chi connectivity index (χ4v) is 2.30. The molecular formula is C16H18N2. The molecule has 0 saturated carbocycles. The Morgan fingerprint density at radius 1 is 1.22 bits per heavy atom. The van der Waals surface area contributed by atoms with E-state index in [9.17, 15) is 0 Å². The SMILES string of the molecule is N#CCCN1CCCC[C@@H]1C#Cc1ccccc1. The van der Waals surface area contributed by atoms with Gasteiger partial charge >= 0.3 is 0 Å². The summed E-state index contributed by atoms with van der Waals surface area (Å²) in [7, 11) is 0. The highest BCUT2D eigenvalue weighted by Crippen LogP contribution is 2.16. The molecule has 1 aromatic rings. The molecule has 0 spiro atoms. The summed E-state index contributed by atoms with van der Waals surface area (Å²) >= 11 is 0. The molecule has 1 heterocycles. The number of piperidine rings is 1. The summed E-state index contributed by atoms with van der Waals surface area (Å²) in [6.45, 7) is 1.93. The van der Waals surface area contributed by atoms with Gasteiger partial charge in [0.15, 0.2) is 0 Å². The Bertz CT molecular complexity index is 461. The maximum Gasteiger partial charge on any atom is 0.0718 e. The van der Waals surface area contributed by atoms with Gasteiger partial charge < -0.3 is 0 Å². The Kier molecular flexibility index (Phi) is 4.82. The van der Waals surface area contributed by atoms with E-state index in [0.717, 1.165) is 25.1 Å². The minimum absolute atomic E-state index is 0.326. The Morgan fingerprint density at radius 3 is 2.83 bits per heavy atom. The number of nitriles is 1. The van der Waals surface area contributed by atoms with Crippen molar-refractivity contribution in [2.45, 2.75) is 31.7 Å². The van der Waals surface area contributed by atoms with Gasteiger partial charge in [-0.15, -0.1) is 0 Å². The van der Waals surface area contributed by atoms with Gasteiger partial charge in [0.1, 0.15) is 0 Å². The smallest absolute Gasteiger partial charge is 0.0718 e. The zero-order valence-corrected chi connectivity index (χ0v) is 10.6. The van der Waals surface area contributed by atoms with E-state index in [1.807, 2.05) is 30.3 Å². The highest BCUT2D eigenvalue weighted by molar-refractivity contribution is 5.34. The van der Waals surface area contributed by atoms with Gasteiger partial charge in [-0.1, -0.05) is 30.0 Å². The molecule has 0 amide bonds. The number of likely N-dealkylation sites (tertiary alicyclic amines) is 1. The van der Waals surface area contributed by atoms with E-state index in [-0.39, 0.29) is 0 Å². The summed E-state index contributed by atoms with van der Waals surface area (Å²) in [6, 6.07) is 12.6. The molecule has 0 N–H and O–H groups in total. The minimum Gasteiger partial charge on any atom is -0.289 e. The van der Waals surface area contributed by atoms with E-state index in [1.165, 1.54) is 12.8 Å². The first-order valence-electron chi connectivity index (χ1n) is 6.58. The van der Waals surface area contributed by atoms with Crippen molar-refractivity contribution in [3.63, 3.8) is 0 Å². The van der Waals surface area contributed by atoms with Crippen LogP contribution in [0.15, 0.2) is 30.3 Å². The molecule has 0 radical (unpaired) electrons. The molecule has 1 fully saturated rings. The fraction of sp³-hybridized carbons (Fsp3) is 0.438. The molecule has 1 aromatic carbocycles. The first-order valence-corrected chi connectivity index (χ1v) is 6.58. The average molecular weight is 238 g/mol. The van der Waals surface area contributed by atoms with E-state index in [2.05, 4.69) is 22.8 Å². The van der Waals surface area contributed by atoms with Crippen molar-refractivity contribution < 1.29 is 0 Å². The van der Waals surface area contributed by atoms with Crippen LogP contribution in [0.1, 0.15) is 31.2 Å². The lowest BCUT2D eigenvalue weighted by Crippen LogP contribution is -2.39. The molecule has 0 bridgehead atoms. The molecule has 2 heteroatoms. The van der Waals surface area contributed by atoms with Crippen molar-refractivity contribution in [3.05, 3.63) is 35.9 Å². The molecule has 1 atom stereocenters. The van der Waals surface area contributed by atoms with Crippen LogP contribution in [0.4, 0.5) is 0 Å². The summed E-state index contributed by atoms with van der Waals surface area (Å²) in [5.41, 5.74) is 1.07. The molecule has 18 heavy (non-hydrogen) atoms. The van der Waals surface area contributed by atoms with Crippen LogP contribution in [0.2, 0.25) is 0 Å². The van der Waals surface area contributed by atoms with Gasteiger partial charge in [0.25, 0.3) is 0 Å². The van der Waals surface area contributed by atoms with Crippen LogP contribution in [-0.4, -0.2) is 24.0 Å². The summed E-state index contributed by atoms with van der Waals surface area (Å²) in [4.78, 5) is 2.35. The van der Waals surface area contributed by atoms with Gasteiger partial charge in [0.2, 0.25) is 0 Å². The van der Waals surface area contributed by atoms with Crippen molar-refractivity contribution in [1.82, 2.24) is 4.90 Å². The molecule has 0 unspecified atom stereocenters. The second kappa shape index (κ2) is 6.84. The van der Waals surface area contributed by atoms with Crippen LogP contribution in [0, 0.1) is 23.2 Å². The summed E-state index contributed by atoms with van der Waals surface area (Å²) in [5, 5.41) is 8.68. The summed E-state index contributed by atoms with van der Waals surface area (Å²) in [6.07, 6.45) is 4.21. The van der Waals surface area contributed by atoms with Crippen molar-refractivity contribution >= 4 is 0 Å². The molecule has 1 saturated heterocycles. The van der Waals surface area contributed by atoms with Crippen LogP contribution in [0.5, 0.6) is 0 Å². The van der Waals surface area contributed by atoms with Gasteiger partial charge in [0.05, 0.1) is 12.1 Å². The van der Waals surface area contributed by atoms with Gasteiger partial charge in [-0.25, -0.2) is 0 Å². The minimum atomic E-state index is 0.326. The van der Waals surface area contributed by atoms with Crippen LogP contribution in [0.25, 0.3) is 0 Å². The lowest BCUT2D eigenvalue weighted by atomic mass is 10.0. The van der Waals surface area contributed by atoms with E-state index < -0.39 is 0 Å². The molecule has 2 nitrogen and oxygen atoms in total. The van der Waals surface area contributed by atoms with Crippen LogP contribution >= 0.6 is 0 Å². The predicted octanol–water partition coefficient (Wildman–Crippen LogP) is 2.81. The monoisotopic (exact) mass is 238 g/mol. The normalized spacial score (nSPS) is 19.6. The first-order chi connectivity index (χ1) is 8.90. The molecule has 92 valence electrons. The molecule has 0 aromatic heterocycles. The van der Waals surface area contributed by atoms with E-state index >= 15 is 0 Å². The zero-order chi connectivity index (χ0) is 12.6. The second-order valence-electron chi connectivity index (χ2n) is 4.59. The number of rotatable bonds is 2. The first kappa shape index (κ1) is 12.7. The third-order valence-electron chi connectivity index (χ3n) is 3.28. The lowest BCUT2D eigenvalue weighted by molar-refractivity contribution is 0.190. The van der Waals surface area contributed by atoms with Crippen molar-refractivity contribution in [3.8, 4) is 17.9 Å². The van der Waals surface area contributed by atoms with Crippen LogP contribution in [0.3, 0.4) is 0 Å². The van der Waals surface area contributed by atoms with Crippen molar-refractivity contribution in [2.24, 2.45) is 0 Å². The molecular weight excluding hydrogens is 220 g/mol. The third-order valence-corrected chi connectivity index (χ3v) is 3.28. The topological polar surface area (TPSA) is 27.0 Å². The van der Waals surface area contributed by atoms with E-state index in [4.69, 9.17) is 5.26 Å². The third kappa shape index (κ3) is 3.62. The van der Waals surface area contributed by atoms with Crippen molar-refractivity contribution in [2.75, 3.05) is 13.1 Å². The lowest BCUT2D eigenvalue weighted by Gasteiger charge is -2.31. The average Bonchev–Trinajstić information content (AvgIpc) is 2.45. The number of nitrogens with zero attached hydrogens (tertiary/aromatic N) is 2. The summed E-state index contributed by atoms with van der Waals surface area (Å²) < 4.78 is 0.